The quantitative estimate of drug-likeness (QED) is 0.574. The van der Waals surface area contributed by atoms with Gasteiger partial charge >= 0.3 is 0 Å². The minimum Gasteiger partial charge on any atom is -0.363 e. The molecule has 7 nitrogen and oxygen atoms in total. The van der Waals surface area contributed by atoms with Crippen molar-refractivity contribution in [3.8, 4) is 0 Å². The molecule has 0 saturated heterocycles. The lowest BCUT2D eigenvalue weighted by atomic mass is 10.1. The number of aryl methyl sites for hydroxylation is 1. The largest absolute Gasteiger partial charge is 0.363 e. The van der Waals surface area contributed by atoms with Crippen molar-refractivity contribution in [3.63, 3.8) is 0 Å². The molecular formula is C21H25F2N5O2S. The second-order valence-electron chi connectivity index (χ2n) is 8.26. The van der Waals surface area contributed by atoms with Crippen molar-refractivity contribution < 1.29 is 17.2 Å². The van der Waals surface area contributed by atoms with E-state index in [2.05, 4.69) is 40.9 Å². The maximum atomic E-state index is 13.3. The molecular weight excluding hydrogens is 424 g/mol. The molecule has 10 heteroatoms. The lowest BCUT2D eigenvalue weighted by molar-refractivity contribution is 0.354. The van der Waals surface area contributed by atoms with E-state index in [1.807, 2.05) is 24.7 Å². The fourth-order valence-corrected chi connectivity index (χ4v) is 3.93. The second-order valence-corrected chi connectivity index (χ2v) is 9.95. The number of pyridine rings is 1. The topological polar surface area (TPSA) is 88.9 Å². The SMILES string of the molecule is Cc1nn(C(C)(C)C)cc1C(C)Nc1ccc(S(=O)(=O)Nc2ccc(F)c(F)c2)cn1. The summed E-state index contributed by atoms with van der Waals surface area (Å²) in [7, 11) is -4.00. The first-order valence-electron chi connectivity index (χ1n) is 9.64. The maximum absolute atomic E-state index is 13.3. The van der Waals surface area contributed by atoms with Crippen molar-refractivity contribution in [2.24, 2.45) is 0 Å². The summed E-state index contributed by atoms with van der Waals surface area (Å²) >= 11 is 0. The van der Waals surface area contributed by atoms with Gasteiger partial charge in [-0.05, 0) is 58.9 Å². The molecule has 3 aromatic rings. The van der Waals surface area contributed by atoms with Crippen molar-refractivity contribution in [2.75, 3.05) is 10.0 Å². The summed E-state index contributed by atoms with van der Waals surface area (Å²) in [5, 5.41) is 7.80. The van der Waals surface area contributed by atoms with Crippen LogP contribution in [-0.4, -0.2) is 23.2 Å². The Hall–Kier alpha value is -3.01. The van der Waals surface area contributed by atoms with Crippen LogP contribution < -0.4 is 10.0 Å². The molecule has 31 heavy (non-hydrogen) atoms. The monoisotopic (exact) mass is 449 g/mol. The van der Waals surface area contributed by atoms with Crippen molar-refractivity contribution >= 4 is 21.5 Å². The molecule has 0 amide bonds. The molecule has 0 saturated carbocycles. The van der Waals surface area contributed by atoms with E-state index in [-0.39, 0.29) is 22.2 Å². The number of nitrogens with zero attached hydrogens (tertiary/aromatic N) is 3. The number of aromatic nitrogens is 3. The minimum absolute atomic E-state index is 0.0824. The van der Waals surface area contributed by atoms with Crippen LogP contribution in [0.5, 0.6) is 0 Å². The number of nitrogens with one attached hydrogen (secondary N) is 2. The molecule has 0 aliphatic rings. The standard InChI is InChI=1S/C21H25F2N5O2S/c1-13(17-12-28(21(3,4)5)26-14(17)2)25-20-9-7-16(11-24-20)31(29,30)27-15-6-8-18(22)19(23)10-15/h6-13,27H,1-5H3,(H,24,25). The Morgan fingerprint density at radius 3 is 2.35 bits per heavy atom. The number of benzene rings is 1. The molecule has 2 N–H and O–H groups in total. The van der Waals surface area contributed by atoms with Crippen molar-refractivity contribution in [1.29, 1.82) is 0 Å². The summed E-state index contributed by atoms with van der Waals surface area (Å²) in [5.41, 5.74) is 1.68. The minimum atomic E-state index is -4.00. The van der Waals surface area contributed by atoms with Gasteiger partial charge in [-0.3, -0.25) is 9.40 Å². The molecule has 1 unspecified atom stereocenters. The van der Waals surface area contributed by atoms with Crippen LogP contribution in [0.2, 0.25) is 0 Å². The van der Waals surface area contributed by atoms with Crippen LogP contribution in [0.3, 0.4) is 0 Å². The van der Waals surface area contributed by atoms with Crippen LogP contribution in [0.15, 0.2) is 47.6 Å². The Balaban J connectivity index is 1.73. The molecule has 166 valence electrons. The van der Waals surface area contributed by atoms with Crippen LogP contribution in [0, 0.1) is 18.6 Å². The van der Waals surface area contributed by atoms with Gasteiger partial charge < -0.3 is 5.32 Å². The molecule has 2 heterocycles. The summed E-state index contributed by atoms with van der Waals surface area (Å²) in [5.74, 6) is -1.71. The molecule has 1 aromatic carbocycles. The highest BCUT2D eigenvalue weighted by atomic mass is 32.2. The van der Waals surface area contributed by atoms with E-state index < -0.39 is 21.7 Å². The first kappa shape index (κ1) is 22.7. The fourth-order valence-electron chi connectivity index (χ4n) is 2.94. The van der Waals surface area contributed by atoms with Crippen molar-refractivity contribution in [3.05, 3.63) is 65.6 Å². The van der Waals surface area contributed by atoms with E-state index >= 15 is 0 Å². The third-order valence-corrected chi connectivity index (χ3v) is 6.04. The van der Waals surface area contributed by atoms with Gasteiger partial charge in [0, 0.05) is 24.0 Å². The van der Waals surface area contributed by atoms with Gasteiger partial charge in [0.05, 0.1) is 23.0 Å². The molecule has 0 aliphatic heterocycles. The molecule has 0 radical (unpaired) electrons. The first-order valence-corrected chi connectivity index (χ1v) is 11.1. The molecule has 3 rings (SSSR count). The van der Waals surface area contributed by atoms with E-state index in [9.17, 15) is 17.2 Å². The van der Waals surface area contributed by atoms with Crippen LogP contribution >= 0.6 is 0 Å². The Bertz CT molecular complexity index is 1190. The number of sulfonamides is 1. The van der Waals surface area contributed by atoms with E-state index in [4.69, 9.17) is 0 Å². The zero-order valence-electron chi connectivity index (χ0n) is 17.9. The van der Waals surface area contributed by atoms with Gasteiger partial charge in [-0.1, -0.05) is 0 Å². The highest BCUT2D eigenvalue weighted by Crippen LogP contribution is 2.24. The number of hydrogen-bond acceptors (Lipinski definition) is 5. The first-order chi connectivity index (χ1) is 14.4. The number of rotatable bonds is 6. The van der Waals surface area contributed by atoms with Crippen LogP contribution in [-0.2, 0) is 15.6 Å². The summed E-state index contributed by atoms with van der Waals surface area (Å²) in [4.78, 5) is 4.07. The van der Waals surface area contributed by atoms with Crippen LogP contribution in [0.4, 0.5) is 20.3 Å². The average Bonchev–Trinajstić information content (AvgIpc) is 3.07. The van der Waals surface area contributed by atoms with Gasteiger partial charge in [0.2, 0.25) is 0 Å². The molecule has 0 fully saturated rings. The number of halogens is 2. The van der Waals surface area contributed by atoms with E-state index in [0.717, 1.165) is 29.5 Å². The zero-order valence-corrected chi connectivity index (χ0v) is 18.8. The van der Waals surface area contributed by atoms with Gasteiger partial charge in [-0.15, -0.1) is 0 Å². The summed E-state index contributed by atoms with van der Waals surface area (Å²) in [6, 6.07) is 5.59. The third kappa shape index (κ3) is 5.19. The summed E-state index contributed by atoms with van der Waals surface area (Å²) in [6.07, 6.45) is 3.18. The molecule has 0 aliphatic carbocycles. The molecule has 0 spiro atoms. The lowest BCUT2D eigenvalue weighted by Gasteiger charge is -2.19. The summed E-state index contributed by atoms with van der Waals surface area (Å²) < 4.78 is 55.5. The fraction of sp³-hybridized carbons (Fsp3) is 0.333. The van der Waals surface area contributed by atoms with E-state index in [1.165, 1.54) is 12.3 Å². The van der Waals surface area contributed by atoms with Gasteiger partial charge in [-0.2, -0.15) is 5.10 Å². The average molecular weight is 450 g/mol. The molecule has 0 bridgehead atoms. The number of hydrogen-bond donors (Lipinski definition) is 2. The van der Waals surface area contributed by atoms with Gasteiger partial charge in [0.1, 0.15) is 10.7 Å². The van der Waals surface area contributed by atoms with E-state index in [0.29, 0.717) is 5.82 Å². The van der Waals surface area contributed by atoms with Gasteiger partial charge in [0.25, 0.3) is 10.0 Å². The normalized spacial score (nSPS) is 13.1. The number of anilines is 2. The summed E-state index contributed by atoms with van der Waals surface area (Å²) in [6.45, 7) is 10.1. The second kappa shape index (κ2) is 8.26. The van der Waals surface area contributed by atoms with Crippen LogP contribution in [0.1, 0.15) is 45.0 Å². The smallest absolute Gasteiger partial charge is 0.263 e. The van der Waals surface area contributed by atoms with E-state index in [1.54, 1.807) is 6.07 Å². The zero-order chi connectivity index (χ0) is 23.0. The molecule has 2 aromatic heterocycles. The van der Waals surface area contributed by atoms with Crippen LogP contribution in [0.25, 0.3) is 0 Å². The van der Waals surface area contributed by atoms with Gasteiger partial charge in [0.15, 0.2) is 11.6 Å². The predicted octanol–water partition coefficient (Wildman–Crippen LogP) is 4.59. The van der Waals surface area contributed by atoms with Gasteiger partial charge in [-0.25, -0.2) is 22.2 Å². The Morgan fingerprint density at radius 1 is 1.10 bits per heavy atom. The Labute approximate surface area is 180 Å². The lowest BCUT2D eigenvalue weighted by Crippen LogP contribution is -2.22. The molecule has 1 atom stereocenters. The predicted molar refractivity (Wildman–Crippen MR) is 115 cm³/mol. The Morgan fingerprint density at radius 2 is 1.81 bits per heavy atom. The highest BCUT2D eigenvalue weighted by molar-refractivity contribution is 7.92. The maximum Gasteiger partial charge on any atom is 0.263 e. The Kier molecular flexibility index (Phi) is 6.04. The van der Waals surface area contributed by atoms with Crippen molar-refractivity contribution in [2.45, 2.75) is 51.1 Å². The highest BCUT2D eigenvalue weighted by Gasteiger charge is 2.20. The van der Waals surface area contributed by atoms with Crippen molar-refractivity contribution in [1.82, 2.24) is 14.8 Å². The third-order valence-electron chi connectivity index (χ3n) is 4.67.